The van der Waals surface area contributed by atoms with Crippen molar-refractivity contribution in [1.82, 2.24) is 5.32 Å². The summed E-state index contributed by atoms with van der Waals surface area (Å²) in [6.45, 7) is 1.75. The third kappa shape index (κ3) is 4.64. The molecule has 1 heterocycles. The van der Waals surface area contributed by atoms with Gasteiger partial charge in [-0.15, -0.1) is 0 Å². The lowest BCUT2D eigenvalue weighted by Crippen LogP contribution is -2.29. The third-order valence-electron chi connectivity index (χ3n) is 4.15. The van der Waals surface area contributed by atoms with Crippen molar-refractivity contribution in [2.45, 2.75) is 18.7 Å². The van der Waals surface area contributed by atoms with Crippen LogP contribution < -0.4 is 10.1 Å². The molecule has 0 radical (unpaired) electrons. The lowest BCUT2D eigenvalue weighted by Gasteiger charge is -2.24. The van der Waals surface area contributed by atoms with Gasteiger partial charge in [0.25, 0.3) is 0 Å². The zero-order valence-corrected chi connectivity index (χ0v) is 16.5. The normalized spacial score (nSPS) is 16.6. The summed E-state index contributed by atoms with van der Waals surface area (Å²) in [4.78, 5) is 16.4. The number of carboxylic acids is 1. The zero-order chi connectivity index (χ0) is 19.4. The molecule has 1 aliphatic rings. The molecular weight excluding hydrogens is 384 g/mol. The van der Waals surface area contributed by atoms with Crippen LogP contribution in [0.2, 0.25) is 5.02 Å². The first kappa shape index (κ1) is 19.3. The lowest BCUT2D eigenvalue weighted by atomic mass is 9.97. The summed E-state index contributed by atoms with van der Waals surface area (Å²) in [5.41, 5.74) is 2.68. The summed E-state index contributed by atoms with van der Waals surface area (Å²) in [5.74, 6) is 0.518. The Labute approximate surface area is 167 Å². The van der Waals surface area contributed by atoms with Crippen LogP contribution in [0.5, 0.6) is 5.75 Å². The van der Waals surface area contributed by atoms with E-state index in [0.29, 0.717) is 21.6 Å². The molecule has 2 aromatic rings. The molecule has 2 aromatic carbocycles. The van der Waals surface area contributed by atoms with E-state index in [4.69, 9.17) is 16.3 Å². The molecule has 27 heavy (non-hydrogen) atoms. The minimum absolute atomic E-state index is 0.228. The summed E-state index contributed by atoms with van der Waals surface area (Å²) >= 11 is 7.61. The second-order valence-corrected chi connectivity index (χ2v) is 7.40. The largest absolute Gasteiger partial charge is 0.497 e. The summed E-state index contributed by atoms with van der Waals surface area (Å²) in [6.07, 6.45) is 0. The van der Waals surface area contributed by atoms with Gasteiger partial charge in [-0.3, -0.25) is 0 Å². The summed E-state index contributed by atoms with van der Waals surface area (Å²) < 4.78 is 5.17. The molecule has 140 valence electrons. The number of amidine groups is 1. The Hall–Kier alpha value is -2.44. The predicted molar refractivity (Wildman–Crippen MR) is 109 cm³/mol. The molecular formula is C20H19ClN2O3S. The molecule has 0 bridgehead atoms. The number of aliphatic carboxylic acids is 1. The Morgan fingerprint density at radius 1 is 1.30 bits per heavy atom. The van der Waals surface area contributed by atoms with Crippen LogP contribution in [0.15, 0.2) is 64.8 Å². The number of ether oxygens (including phenoxy) is 1. The number of hydrogen-bond donors (Lipinski definition) is 2. The van der Waals surface area contributed by atoms with E-state index >= 15 is 0 Å². The van der Waals surface area contributed by atoms with Crippen molar-refractivity contribution >= 4 is 34.5 Å². The SMILES string of the molecule is COc1ccc(CSC2=NC(c3cccc(Cl)c3)C(C(=O)O)=C(C)N2)cc1. The molecule has 0 amide bonds. The molecule has 1 aliphatic heterocycles. The maximum absolute atomic E-state index is 11.8. The van der Waals surface area contributed by atoms with E-state index in [1.165, 1.54) is 11.8 Å². The first-order valence-corrected chi connectivity index (χ1v) is 9.64. The number of thioether (sulfide) groups is 1. The quantitative estimate of drug-likeness (QED) is 0.762. The molecule has 0 aromatic heterocycles. The van der Waals surface area contributed by atoms with Gasteiger partial charge in [-0.2, -0.15) is 0 Å². The number of rotatable bonds is 5. The summed E-state index contributed by atoms with van der Waals surface area (Å²) in [6, 6.07) is 14.4. The molecule has 0 aliphatic carbocycles. The van der Waals surface area contributed by atoms with Crippen LogP contribution in [0.3, 0.4) is 0 Å². The van der Waals surface area contributed by atoms with Gasteiger partial charge in [-0.25, -0.2) is 9.79 Å². The Balaban J connectivity index is 1.83. The minimum atomic E-state index is -0.993. The molecule has 1 atom stereocenters. The predicted octanol–water partition coefficient (Wildman–Crippen LogP) is 4.64. The number of nitrogens with zero attached hydrogens (tertiary/aromatic N) is 1. The van der Waals surface area contributed by atoms with Gasteiger partial charge in [-0.05, 0) is 42.3 Å². The van der Waals surface area contributed by atoms with E-state index in [0.717, 1.165) is 16.9 Å². The molecule has 3 rings (SSSR count). The van der Waals surface area contributed by atoms with Crippen molar-refractivity contribution in [3.63, 3.8) is 0 Å². The topological polar surface area (TPSA) is 70.9 Å². The van der Waals surface area contributed by atoms with Gasteiger partial charge in [0.15, 0.2) is 5.17 Å². The van der Waals surface area contributed by atoms with E-state index in [9.17, 15) is 9.90 Å². The second kappa shape index (κ2) is 8.50. The highest BCUT2D eigenvalue weighted by atomic mass is 35.5. The fourth-order valence-corrected chi connectivity index (χ4v) is 3.89. The van der Waals surface area contributed by atoms with Crippen molar-refractivity contribution in [2.24, 2.45) is 4.99 Å². The Bertz CT molecular complexity index is 910. The maximum atomic E-state index is 11.8. The van der Waals surface area contributed by atoms with Crippen LogP contribution in [0.1, 0.15) is 24.1 Å². The third-order valence-corrected chi connectivity index (χ3v) is 5.34. The maximum Gasteiger partial charge on any atom is 0.335 e. The van der Waals surface area contributed by atoms with Crippen LogP contribution in [-0.2, 0) is 10.5 Å². The van der Waals surface area contributed by atoms with E-state index in [2.05, 4.69) is 10.3 Å². The average molecular weight is 403 g/mol. The smallest absolute Gasteiger partial charge is 0.335 e. The van der Waals surface area contributed by atoms with Gasteiger partial charge in [0.2, 0.25) is 0 Å². The van der Waals surface area contributed by atoms with Gasteiger partial charge in [0.1, 0.15) is 11.8 Å². The van der Waals surface area contributed by atoms with Gasteiger partial charge in [-0.1, -0.05) is 47.6 Å². The molecule has 0 saturated heterocycles. The van der Waals surface area contributed by atoms with Gasteiger partial charge in [0, 0.05) is 16.5 Å². The van der Waals surface area contributed by atoms with E-state index < -0.39 is 12.0 Å². The van der Waals surface area contributed by atoms with Crippen molar-refractivity contribution in [3.05, 3.63) is 76.0 Å². The number of carbonyl (C=O) groups is 1. The van der Waals surface area contributed by atoms with Crippen LogP contribution in [0, 0.1) is 0 Å². The highest BCUT2D eigenvalue weighted by molar-refractivity contribution is 8.13. The molecule has 0 fully saturated rings. The number of halogens is 1. The fraction of sp³-hybridized carbons (Fsp3) is 0.200. The van der Waals surface area contributed by atoms with Gasteiger partial charge < -0.3 is 15.2 Å². The number of aliphatic imine (C=N–C) groups is 1. The molecule has 1 unspecified atom stereocenters. The molecule has 0 saturated carbocycles. The van der Waals surface area contributed by atoms with E-state index in [-0.39, 0.29) is 5.57 Å². The molecule has 0 spiro atoms. The first-order chi connectivity index (χ1) is 13.0. The van der Waals surface area contributed by atoms with Gasteiger partial charge in [0.05, 0.1) is 12.7 Å². The molecule has 7 heteroatoms. The lowest BCUT2D eigenvalue weighted by molar-refractivity contribution is -0.133. The fourth-order valence-electron chi connectivity index (χ4n) is 2.79. The standard InChI is InChI=1S/C20H19ClN2O3S/c1-12-17(19(24)25)18(14-4-3-5-15(21)10-14)23-20(22-12)27-11-13-6-8-16(26-2)9-7-13/h3-10,18H,11H2,1-2H3,(H,22,23)(H,24,25). The zero-order valence-electron chi connectivity index (χ0n) is 14.9. The second-order valence-electron chi connectivity index (χ2n) is 6.00. The number of allylic oxidation sites excluding steroid dienone is 1. The number of carboxylic acid groups (broad SMARTS) is 1. The average Bonchev–Trinajstić information content (AvgIpc) is 2.66. The monoisotopic (exact) mass is 402 g/mol. The van der Waals surface area contributed by atoms with E-state index in [1.54, 1.807) is 32.2 Å². The highest BCUT2D eigenvalue weighted by Gasteiger charge is 2.29. The van der Waals surface area contributed by atoms with Crippen LogP contribution >= 0.6 is 23.4 Å². The number of methoxy groups -OCH3 is 1. The first-order valence-electron chi connectivity index (χ1n) is 8.28. The van der Waals surface area contributed by atoms with Crippen molar-refractivity contribution in [3.8, 4) is 5.75 Å². The number of benzene rings is 2. The Kier molecular flexibility index (Phi) is 6.08. The molecule has 5 nitrogen and oxygen atoms in total. The minimum Gasteiger partial charge on any atom is -0.497 e. The summed E-state index contributed by atoms with van der Waals surface area (Å²) in [5, 5.41) is 14.0. The highest BCUT2D eigenvalue weighted by Crippen LogP contribution is 2.33. The van der Waals surface area contributed by atoms with Crippen LogP contribution in [0.25, 0.3) is 0 Å². The van der Waals surface area contributed by atoms with Crippen LogP contribution in [0.4, 0.5) is 0 Å². The van der Waals surface area contributed by atoms with Crippen molar-refractivity contribution < 1.29 is 14.6 Å². The van der Waals surface area contributed by atoms with Crippen molar-refractivity contribution in [1.29, 1.82) is 0 Å². The number of hydrogen-bond acceptors (Lipinski definition) is 5. The summed E-state index contributed by atoms with van der Waals surface area (Å²) in [7, 11) is 1.63. The van der Waals surface area contributed by atoms with Gasteiger partial charge >= 0.3 is 5.97 Å². The van der Waals surface area contributed by atoms with Crippen molar-refractivity contribution in [2.75, 3.05) is 7.11 Å². The Morgan fingerprint density at radius 2 is 2.04 bits per heavy atom. The van der Waals surface area contributed by atoms with Crippen LogP contribution in [-0.4, -0.2) is 23.4 Å². The number of nitrogens with one attached hydrogen (secondary N) is 1. The molecule has 2 N–H and O–H groups in total. The van der Waals surface area contributed by atoms with E-state index in [1.807, 2.05) is 30.3 Å². The Morgan fingerprint density at radius 3 is 2.67 bits per heavy atom.